The van der Waals surface area contributed by atoms with Crippen molar-refractivity contribution in [2.45, 2.75) is 26.9 Å². The number of halogens is 6. The van der Waals surface area contributed by atoms with E-state index < -0.39 is 49.6 Å². The number of hydroxylamine groups is 2. The molecule has 0 aromatic rings. The molecule has 1 heterocycles. The maximum absolute atomic E-state index is 12.1. The van der Waals surface area contributed by atoms with Crippen LogP contribution in [0.15, 0.2) is 10.1 Å². The van der Waals surface area contributed by atoms with E-state index in [1.165, 1.54) is 0 Å². The fraction of sp³-hybridized carbons (Fsp3) is 0.692. The highest BCUT2D eigenvalue weighted by molar-refractivity contribution is 6.65. The van der Waals surface area contributed by atoms with Gasteiger partial charge in [-0.05, 0) is 24.7 Å². The Hall–Kier alpha value is 0.580. The van der Waals surface area contributed by atoms with Gasteiger partial charge in [-0.3, -0.25) is 14.8 Å². The summed E-state index contributed by atoms with van der Waals surface area (Å²) in [7, 11) is 0. The van der Waals surface area contributed by atoms with Crippen molar-refractivity contribution in [3.05, 3.63) is 10.1 Å². The molecule has 2 amide bonds. The Morgan fingerprint density at radius 1 is 0.870 bits per heavy atom. The Balaban J connectivity index is 1.86. The molecule has 4 nitrogen and oxygen atoms in total. The second-order valence-electron chi connectivity index (χ2n) is 6.51. The number of hydrogen-bond acceptors (Lipinski definition) is 3. The zero-order valence-electron chi connectivity index (χ0n) is 11.2. The number of imide groups is 1. The number of alkyl halides is 4. The molecule has 6 unspecified atom stereocenters. The van der Waals surface area contributed by atoms with Crippen molar-refractivity contribution in [1.82, 2.24) is 5.06 Å². The number of nitrogens with zero attached hydrogens (tertiary/aromatic N) is 1. The van der Waals surface area contributed by atoms with Gasteiger partial charge < -0.3 is 0 Å². The van der Waals surface area contributed by atoms with Crippen LogP contribution in [-0.4, -0.2) is 36.2 Å². The minimum atomic E-state index is -1.67. The van der Waals surface area contributed by atoms with E-state index in [0.717, 1.165) is 0 Å². The average molecular weight is 440 g/mol. The van der Waals surface area contributed by atoms with Gasteiger partial charge in [0.25, 0.3) is 11.8 Å². The van der Waals surface area contributed by atoms with Gasteiger partial charge in [0, 0.05) is 0 Å². The van der Waals surface area contributed by atoms with E-state index in [1.54, 1.807) is 0 Å². The van der Waals surface area contributed by atoms with Gasteiger partial charge in [-0.1, -0.05) is 46.4 Å². The fourth-order valence-corrected chi connectivity index (χ4v) is 7.81. The molecule has 1 N–H and O–H groups in total. The number of rotatable bonds is 0. The molecular weight excluding hydrogens is 431 g/mol. The zero-order chi connectivity index (χ0) is 17.1. The number of amides is 2. The third-order valence-corrected chi connectivity index (χ3v) is 10.2. The SMILES string of the molecule is O=C1C2CC3C(CC2C(=O)N1O)C1(Cl)C(Cl)=C(Cl)C3(Cl)C1(Cl)Cl. The minimum Gasteiger partial charge on any atom is -0.278 e. The quantitative estimate of drug-likeness (QED) is 0.354. The van der Waals surface area contributed by atoms with Crippen LogP contribution >= 0.6 is 69.6 Å². The Kier molecular flexibility index (Phi) is 3.44. The van der Waals surface area contributed by atoms with Crippen LogP contribution in [0.4, 0.5) is 0 Å². The summed E-state index contributed by atoms with van der Waals surface area (Å²) >= 11 is 39.0. The number of fused-ring (bicyclic) bond motifs is 6. The lowest BCUT2D eigenvalue weighted by molar-refractivity contribution is -0.173. The molecule has 6 atom stereocenters. The van der Waals surface area contributed by atoms with Gasteiger partial charge >= 0.3 is 0 Å². The summed E-state index contributed by atoms with van der Waals surface area (Å²) in [6.45, 7) is 0. The third-order valence-electron chi connectivity index (χ3n) is 5.81. The van der Waals surface area contributed by atoms with Crippen LogP contribution in [0.25, 0.3) is 0 Å². The van der Waals surface area contributed by atoms with Gasteiger partial charge in [-0.25, -0.2) is 0 Å². The van der Waals surface area contributed by atoms with Gasteiger partial charge in [-0.15, -0.1) is 23.2 Å². The van der Waals surface area contributed by atoms with Crippen LogP contribution < -0.4 is 0 Å². The van der Waals surface area contributed by atoms with Crippen molar-refractivity contribution >= 4 is 81.4 Å². The monoisotopic (exact) mass is 437 g/mol. The summed E-state index contributed by atoms with van der Waals surface area (Å²) in [5.41, 5.74) is 0. The topological polar surface area (TPSA) is 57.6 Å². The Labute approximate surface area is 161 Å². The number of carbonyl (C=O) groups excluding carboxylic acids is 2. The van der Waals surface area contributed by atoms with Crippen LogP contribution in [-0.2, 0) is 9.59 Å². The number of allylic oxidation sites excluding steroid dienone is 2. The van der Waals surface area contributed by atoms with E-state index in [9.17, 15) is 14.8 Å². The lowest BCUT2D eigenvalue weighted by Gasteiger charge is -2.42. The average Bonchev–Trinajstić information content (AvgIpc) is 2.84. The number of carbonyl (C=O) groups is 2. The molecule has 1 saturated heterocycles. The molecule has 0 aromatic heterocycles. The van der Waals surface area contributed by atoms with E-state index in [2.05, 4.69) is 0 Å². The first kappa shape index (κ1) is 17.0. The summed E-state index contributed by atoms with van der Waals surface area (Å²) in [5.74, 6) is -3.53. The summed E-state index contributed by atoms with van der Waals surface area (Å²) in [4.78, 5) is 21.3. The molecule has 126 valence electrons. The predicted molar refractivity (Wildman–Crippen MR) is 87.2 cm³/mol. The summed E-state index contributed by atoms with van der Waals surface area (Å²) in [6, 6.07) is 0. The molecule has 23 heavy (non-hydrogen) atoms. The molecular formula is C13H9Cl6NO3. The Morgan fingerprint density at radius 2 is 1.22 bits per heavy atom. The first-order chi connectivity index (χ1) is 10.5. The molecule has 2 saturated carbocycles. The van der Waals surface area contributed by atoms with Gasteiger partial charge in [0.05, 0.1) is 21.9 Å². The van der Waals surface area contributed by atoms with Crippen molar-refractivity contribution in [1.29, 1.82) is 0 Å². The highest BCUT2D eigenvalue weighted by Gasteiger charge is 2.83. The lowest BCUT2D eigenvalue weighted by Crippen LogP contribution is -2.44. The van der Waals surface area contributed by atoms with Crippen molar-refractivity contribution in [2.24, 2.45) is 23.7 Å². The van der Waals surface area contributed by atoms with E-state index in [1.807, 2.05) is 0 Å². The smallest absolute Gasteiger partial charge is 0.257 e. The Bertz CT molecular complexity index is 641. The normalized spacial score (nSPS) is 50.7. The molecule has 3 aliphatic carbocycles. The molecule has 3 fully saturated rings. The summed E-state index contributed by atoms with van der Waals surface area (Å²) < 4.78 is -1.67. The second kappa shape index (κ2) is 4.64. The molecule has 2 bridgehead atoms. The molecule has 0 spiro atoms. The molecule has 0 aromatic carbocycles. The third kappa shape index (κ3) is 1.55. The van der Waals surface area contributed by atoms with Crippen molar-refractivity contribution in [2.75, 3.05) is 0 Å². The van der Waals surface area contributed by atoms with Gasteiger partial charge in [0.1, 0.15) is 9.75 Å². The summed E-state index contributed by atoms with van der Waals surface area (Å²) in [5, 5.41) is 9.93. The van der Waals surface area contributed by atoms with Crippen molar-refractivity contribution in [3.8, 4) is 0 Å². The van der Waals surface area contributed by atoms with Crippen molar-refractivity contribution < 1.29 is 14.8 Å². The standard InChI is InChI=1S/C13H9Cl6NO3/c14-7-8(15)12(17)6-2-4-3(9(21)20(23)10(4)22)1-5(6)11(7,16)13(12,18)19/h3-6,23H,1-2H2. The molecule has 1 aliphatic heterocycles. The fourth-order valence-electron chi connectivity index (χ4n) is 4.70. The van der Waals surface area contributed by atoms with E-state index >= 15 is 0 Å². The highest BCUT2D eigenvalue weighted by Crippen LogP contribution is 2.79. The van der Waals surface area contributed by atoms with Gasteiger partial charge in [0.15, 0.2) is 4.33 Å². The largest absolute Gasteiger partial charge is 0.278 e. The minimum absolute atomic E-state index is 0.0816. The van der Waals surface area contributed by atoms with Gasteiger partial charge in [0.2, 0.25) is 0 Å². The zero-order valence-corrected chi connectivity index (χ0v) is 15.7. The predicted octanol–water partition coefficient (Wildman–Crippen LogP) is 3.85. The Morgan fingerprint density at radius 3 is 1.57 bits per heavy atom. The molecule has 0 radical (unpaired) electrons. The van der Waals surface area contributed by atoms with E-state index in [-0.39, 0.29) is 28.0 Å². The van der Waals surface area contributed by atoms with Crippen molar-refractivity contribution in [3.63, 3.8) is 0 Å². The molecule has 4 rings (SSSR count). The van der Waals surface area contributed by atoms with Crippen LogP contribution in [0.5, 0.6) is 0 Å². The highest BCUT2D eigenvalue weighted by atomic mass is 35.5. The van der Waals surface area contributed by atoms with Crippen LogP contribution in [0.2, 0.25) is 0 Å². The maximum atomic E-state index is 12.1. The van der Waals surface area contributed by atoms with Crippen LogP contribution in [0.1, 0.15) is 12.8 Å². The maximum Gasteiger partial charge on any atom is 0.257 e. The van der Waals surface area contributed by atoms with E-state index in [0.29, 0.717) is 0 Å². The molecule has 10 heteroatoms. The van der Waals surface area contributed by atoms with Crippen LogP contribution in [0, 0.1) is 23.7 Å². The number of hydrogen-bond donors (Lipinski definition) is 1. The van der Waals surface area contributed by atoms with Crippen LogP contribution in [0.3, 0.4) is 0 Å². The first-order valence-electron chi connectivity index (χ1n) is 6.89. The first-order valence-corrected chi connectivity index (χ1v) is 9.16. The summed E-state index contributed by atoms with van der Waals surface area (Å²) in [6.07, 6.45) is 0.410. The second-order valence-corrected chi connectivity index (χ2v) is 9.79. The van der Waals surface area contributed by atoms with Gasteiger partial charge in [-0.2, -0.15) is 5.06 Å². The molecule has 4 aliphatic rings. The lowest BCUT2D eigenvalue weighted by atomic mass is 9.65. The van der Waals surface area contributed by atoms with E-state index in [4.69, 9.17) is 69.6 Å².